The number of thiazole rings is 1. The van der Waals surface area contributed by atoms with Gasteiger partial charge < -0.3 is 5.32 Å². The normalized spacial score (nSPS) is 11.4. The van der Waals surface area contributed by atoms with Crippen molar-refractivity contribution in [3.63, 3.8) is 0 Å². The molecule has 2 rings (SSSR count). The number of aromatic nitrogens is 3. The topological polar surface area (TPSA) is 42.7 Å². The van der Waals surface area contributed by atoms with Crippen LogP contribution in [0.4, 0.5) is 0 Å². The molecule has 98 valence electrons. The van der Waals surface area contributed by atoms with Gasteiger partial charge in [-0.05, 0) is 6.92 Å². The molecule has 0 aliphatic heterocycles. The number of hydrogen-bond donors (Lipinski definition) is 1. The second kappa shape index (κ2) is 5.82. The third kappa shape index (κ3) is 3.31. The molecule has 0 spiro atoms. The zero-order valence-corrected chi connectivity index (χ0v) is 12.3. The van der Waals surface area contributed by atoms with Gasteiger partial charge in [0.25, 0.3) is 0 Å². The molecule has 0 saturated heterocycles. The summed E-state index contributed by atoms with van der Waals surface area (Å²) in [5, 5.41) is 11.5. The Morgan fingerprint density at radius 3 is 2.89 bits per heavy atom. The Labute approximate surface area is 116 Å². The van der Waals surface area contributed by atoms with Gasteiger partial charge >= 0.3 is 0 Å². The molecule has 0 aliphatic rings. The van der Waals surface area contributed by atoms with Crippen LogP contribution in [-0.4, -0.2) is 20.8 Å². The van der Waals surface area contributed by atoms with Crippen molar-refractivity contribution >= 4 is 22.9 Å². The van der Waals surface area contributed by atoms with E-state index in [1.54, 1.807) is 17.5 Å². The number of nitrogens with one attached hydrogen (secondary N) is 1. The predicted molar refractivity (Wildman–Crippen MR) is 75.2 cm³/mol. The summed E-state index contributed by atoms with van der Waals surface area (Å²) in [5.41, 5.74) is 2.01. The van der Waals surface area contributed by atoms with Gasteiger partial charge in [-0.1, -0.05) is 25.4 Å². The molecule has 6 heteroatoms. The number of nitrogens with zero attached hydrogens (tertiary/aromatic N) is 3. The van der Waals surface area contributed by atoms with Crippen LogP contribution >= 0.6 is 22.9 Å². The highest BCUT2D eigenvalue weighted by Crippen LogP contribution is 2.16. The van der Waals surface area contributed by atoms with Crippen LogP contribution in [-0.2, 0) is 13.1 Å². The molecule has 1 N–H and O–H groups in total. The fraction of sp³-hybridized carbons (Fsp3) is 0.500. The summed E-state index contributed by atoms with van der Waals surface area (Å²) in [6.07, 6.45) is 1.67. The van der Waals surface area contributed by atoms with Crippen LogP contribution in [0.1, 0.15) is 30.2 Å². The van der Waals surface area contributed by atoms with Crippen molar-refractivity contribution in [1.29, 1.82) is 0 Å². The highest BCUT2D eigenvalue weighted by molar-refractivity contribution is 7.09. The van der Waals surface area contributed by atoms with Crippen LogP contribution in [0.2, 0.25) is 5.02 Å². The Bertz CT molecular complexity index is 518. The van der Waals surface area contributed by atoms with E-state index in [0.717, 1.165) is 22.9 Å². The molecule has 2 aromatic rings. The first-order valence-electron chi connectivity index (χ1n) is 5.91. The maximum Gasteiger partial charge on any atom is 0.107 e. The van der Waals surface area contributed by atoms with Gasteiger partial charge in [0.15, 0.2) is 0 Å². The summed E-state index contributed by atoms with van der Waals surface area (Å²) in [5.74, 6) is 0. The molecule has 0 aromatic carbocycles. The van der Waals surface area contributed by atoms with Crippen LogP contribution in [0.5, 0.6) is 0 Å². The lowest BCUT2D eigenvalue weighted by Gasteiger charge is -2.04. The van der Waals surface area contributed by atoms with Crippen molar-refractivity contribution in [3.05, 3.63) is 33.0 Å². The standard InChI is InChI=1S/C12H17ClN4S/c1-8(2)14-5-12-16-10(7-18-12)6-17-9(3)11(13)4-15-17/h4,7-8,14H,5-6H2,1-3H3. The summed E-state index contributed by atoms with van der Waals surface area (Å²) < 4.78 is 1.87. The lowest BCUT2D eigenvalue weighted by molar-refractivity contribution is 0.584. The van der Waals surface area contributed by atoms with Gasteiger partial charge in [-0.25, -0.2) is 4.98 Å². The highest BCUT2D eigenvalue weighted by Gasteiger charge is 2.07. The summed E-state index contributed by atoms with van der Waals surface area (Å²) in [7, 11) is 0. The number of rotatable bonds is 5. The number of halogens is 1. The van der Waals surface area contributed by atoms with Crippen molar-refractivity contribution in [3.8, 4) is 0 Å². The number of hydrogen-bond acceptors (Lipinski definition) is 4. The summed E-state index contributed by atoms with van der Waals surface area (Å²) in [4.78, 5) is 4.58. The van der Waals surface area contributed by atoms with E-state index in [9.17, 15) is 0 Å². The molecule has 0 aliphatic carbocycles. The Kier molecular flexibility index (Phi) is 4.37. The van der Waals surface area contributed by atoms with Gasteiger partial charge in [-0.15, -0.1) is 11.3 Å². The van der Waals surface area contributed by atoms with Crippen LogP contribution in [0, 0.1) is 6.92 Å². The lowest BCUT2D eigenvalue weighted by atomic mass is 10.4. The predicted octanol–water partition coefficient (Wildman–Crippen LogP) is 2.85. The lowest BCUT2D eigenvalue weighted by Crippen LogP contribution is -2.21. The Balaban J connectivity index is 2.00. The van der Waals surface area contributed by atoms with Crippen molar-refractivity contribution in [2.24, 2.45) is 0 Å². The first-order valence-corrected chi connectivity index (χ1v) is 7.16. The molecule has 18 heavy (non-hydrogen) atoms. The molecule has 0 saturated carbocycles. The molecule has 0 amide bonds. The Morgan fingerprint density at radius 1 is 1.50 bits per heavy atom. The molecule has 2 heterocycles. The van der Waals surface area contributed by atoms with Gasteiger partial charge in [0.1, 0.15) is 5.01 Å². The first kappa shape index (κ1) is 13.5. The van der Waals surface area contributed by atoms with Crippen LogP contribution in [0.15, 0.2) is 11.6 Å². The van der Waals surface area contributed by atoms with Crippen LogP contribution in [0.25, 0.3) is 0 Å². The molecule has 0 fully saturated rings. The molecular weight excluding hydrogens is 268 g/mol. The third-order valence-corrected chi connectivity index (χ3v) is 3.88. The largest absolute Gasteiger partial charge is 0.308 e. The van der Waals surface area contributed by atoms with E-state index in [0.29, 0.717) is 17.6 Å². The quantitative estimate of drug-likeness (QED) is 0.918. The van der Waals surface area contributed by atoms with Crippen molar-refractivity contribution in [2.75, 3.05) is 0 Å². The minimum absolute atomic E-state index is 0.476. The fourth-order valence-corrected chi connectivity index (χ4v) is 2.41. The zero-order valence-electron chi connectivity index (χ0n) is 10.8. The molecule has 2 aromatic heterocycles. The van der Waals surface area contributed by atoms with Crippen LogP contribution < -0.4 is 5.32 Å². The van der Waals surface area contributed by atoms with E-state index >= 15 is 0 Å². The van der Waals surface area contributed by atoms with E-state index < -0.39 is 0 Å². The zero-order chi connectivity index (χ0) is 13.1. The van der Waals surface area contributed by atoms with Gasteiger partial charge in [0.05, 0.1) is 29.2 Å². The van der Waals surface area contributed by atoms with Crippen molar-refractivity contribution in [2.45, 2.75) is 39.9 Å². The summed E-state index contributed by atoms with van der Waals surface area (Å²) >= 11 is 7.65. The van der Waals surface area contributed by atoms with Gasteiger partial charge in [0.2, 0.25) is 0 Å². The SMILES string of the molecule is Cc1c(Cl)cnn1Cc1csc(CNC(C)C)n1. The second-order valence-electron chi connectivity index (χ2n) is 4.50. The van der Waals surface area contributed by atoms with Gasteiger partial charge in [-0.3, -0.25) is 4.68 Å². The van der Waals surface area contributed by atoms with E-state index in [-0.39, 0.29) is 0 Å². The molecule has 0 unspecified atom stereocenters. The molecule has 0 radical (unpaired) electrons. The average Bonchev–Trinajstić information content (AvgIpc) is 2.89. The fourth-order valence-electron chi connectivity index (χ4n) is 1.53. The maximum absolute atomic E-state index is 5.97. The van der Waals surface area contributed by atoms with E-state index in [1.165, 1.54) is 0 Å². The molecule has 0 atom stereocenters. The minimum Gasteiger partial charge on any atom is -0.308 e. The Hall–Kier alpha value is -0.910. The smallest absolute Gasteiger partial charge is 0.107 e. The highest BCUT2D eigenvalue weighted by atomic mass is 35.5. The van der Waals surface area contributed by atoms with Crippen molar-refractivity contribution < 1.29 is 0 Å². The summed E-state index contributed by atoms with van der Waals surface area (Å²) in [6, 6.07) is 0.476. The average molecular weight is 285 g/mol. The molecule has 0 bridgehead atoms. The monoisotopic (exact) mass is 284 g/mol. The summed E-state index contributed by atoms with van der Waals surface area (Å²) in [6.45, 7) is 7.72. The van der Waals surface area contributed by atoms with Crippen molar-refractivity contribution in [1.82, 2.24) is 20.1 Å². The Morgan fingerprint density at radius 2 is 2.28 bits per heavy atom. The van der Waals surface area contributed by atoms with Gasteiger partial charge in [-0.2, -0.15) is 5.10 Å². The second-order valence-corrected chi connectivity index (χ2v) is 5.85. The van der Waals surface area contributed by atoms with E-state index in [1.807, 2.05) is 11.6 Å². The third-order valence-electron chi connectivity index (χ3n) is 2.62. The maximum atomic E-state index is 5.97. The molecule has 4 nitrogen and oxygen atoms in total. The van der Waals surface area contributed by atoms with E-state index in [4.69, 9.17) is 11.6 Å². The minimum atomic E-state index is 0.476. The van der Waals surface area contributed by atoms with E-state index in [2.05, 4.69) is 34.6 Å². The van der Waals surface area contributed by atoms with Gasteiger partial charge in [0, 0.05) is 18.0 Å². The first-order chi connectivity index (χ1) is 8.56. The van der Waals surface area contributed by atoms with Crippen LogP contribution in [0.3, 0.4) is 0 Å². The molecular formula is C12H17ClN4S.